The summed E-state index contributed by atoms with van der Waals surface area (Å²) in [5.74, 6) is 1.06. The molecule has 0 fully saturated rings. The maximum Gasteiger partial charge on any atom is 0.290 e. The molecule has 2 aliphatic rings. The number of thiazole rings is 1. The number of aliphatic hydroxyl groups is 1. The Bertz CT molecular complexity index is 2200. The Kier molecular flexibility index (Phi) is 10.4. The van der Waals surface area contributed by atoms with Crippen molar-refractivity contribution in [2.45, 2.75) is 30.4 Å². The van der Waals surface area contributed by atoms with E-state index in [1.165, 1.54) is 24.8 Å². The van der Waals surface area contributed by atoms with E-state index in [4.69, 9.17) is 28.7 Å². The second-order valence-corrected chi connectivity index (χ2v) is 15.2. The van der Waals surface area contributed by atoms with Crippen LogP contribution in [0.2, 0.25) is 0 Å². The largest absolute Gasteiger partial charge is 0.497 e. The van der Waals surface area contributed by atoms with Crippen LogP contribution in [0, 0.1) is 6.92 Å². The molecule has 270 valence electrons. The lowest BCUT2D eigenvalue weighted by Gasteiger charge is -2.30. The summed E-state index contributed by atoms with van der Waals surface area (Å²) in [7, 11) is -2.45. The van der Waals surface area contributed by atoms with Gasteiger partial charge in [-0.25, -0.2) is 13.4 Å². The van der Waals surface area contributed by atoms with Crippen LogP contribution in [-0.4, -0.2) is 75.2 Å². The highest BCUT2D eigenvalue weighted by Gasteiger charge is 2.31. The van der Waals surface area contributed by atoms with Crippen LogP contribution in [0.15, 0.2) is 102 Å². The van der Waals surface area contributed by atoms with Crippen LogP contribution in [0.3, 0.4) is 0 Å². The molecule has 7 rings (SSSR count). The number of nitrogens with zero attached hydrogens (tertiary/aromatic N) is 2. The van der Waals surface area contributed by atoms with Crippen LogP contribution < -0.4 is 19.5 Å². The molecular weight excluding hydrogens is 707 g/mol. The zero-order chi connectivity index (χ0) is 36.2. The fourth-order valence-corrected chi connectivity index (χ4v) is 8.47. The first-order chi connectivity index (χ1) is 25.2. The van der Waals surface area contributed by atoms with Gasteiger partial charge in [-0.3, -0.25) is 4.79 Å². The summed E-state index contributed by atoms with van der Waals surface area (Å²) < 4.78 is 57.4. The molecule has 2 atom stereocenters. The van der Waals surface area contributed by atoms with E-state index in [1.807, 2.05) is 54.6 Å². The average Bonchev–Trinajstić information content (AvgIpc) is 3.81. The topological polar surface area (TPSA) is 146 Å². The normalized spacial score (nSPS) is 16.8. The predicted octanol–water partition coefficient (Wildman–Crippen LogP) is 6.06. The molecule has 4 aromatic carbocycles. The van der Waals surface area contributed by atoms with Crippen molar-refractivity contribution in [3.63, 3.8) is 0 Å². The highest BCUT2D eigenvalue weighted by atomic mass is 32.2. The van der Waals surface area contributed by atoms with Crippen molar-refractivity contribution in [3.8, 4) is 27.8 Å². The number of aryl methyl sites for hydroxylation is 1. The molecular formula is C38H37N3O9S2. The first-order valence-electron chi connectivity index (χ1n) is 16.6. The molecule has 0 aliphatic carbocycles. The summed E-state index contributed by atoms with van der Waals surface area (Å²) in [4.78, 5) is 18.5. The molecule has 3 heterocycles. The smallest absolute Gasteiger partial charge is 0.290 e. The van der Waals surface area contributed by atoms with E-state index in [1.54, 1.807) is 29.5 Å². The number of nitrogens with one attached hydrogen (secondary N) is 1. The van der Waals surface area contributed by atoms with Gasteiger partial charge >= 0.3 is 0 Å². The number of fused-ring (bicyclic) bond motifs is 2. The molecule has 12 nitrogen and oxygen atoms in total. The SMILES string of the molecule is COc1ccc(S(=O)(=O)N(CCO)CCO[C@H]2C[C@@H](c3ccc4c(c3)OCO4)C=C(C(=O)Nc3ccc(-c4nc5ccc(C)cc5s4)cc3)O2)cc1. The fraction of sp³-hybridized carbons (Fsp3) is 0.263. The van der Waals surface area contributed by atoms with Gasteiger partial charge in [0.2, 0.25) is 23.1 Å². The fourth-order valence-electron chi connectivity index (χ4n) is 5.99. The third-order valence-electron chi connectivity index (χ3n) is 8.73. The van der Waals surface area contributed by atoms with Gasteiger partial charge in [-0.1, -0.05) is 12.1 Å². The number of carbonyl (C=O) groups is 1. The van der Waals surface area contributed by atoms with Crippen LogP contribution in [-0.2, 0) is 24.3 Å². The van der Waals surface area contributed by atoms with E-state index in [9.17, 15) is 18.3 Å². The Balaban J connectivity index is 1.06. The molecule has 2 aliphatic heterocycles. The Hall–Kier alpha value is -4.99. The Morgan fingerprint density at radius 2 is 1.79 bits per heavy atom. The number of methoxy groups -OCH3 is 1. The predicted molar refractivity (Wildman–Crippen MR) is 196 cm³/mol. The molecule has 0 radical (unpaired) electrons. The summed E-state index contributed by atoms with van der Waals surface area (Å²) >= 11 is 1.61. The molecule has 0 bridgehead atoms. The minimum atomic E-state index is -3.95. The summed E-state index contributed by atoms with van der Waals surface area (Å²) in [6, 6.07) is 25.2. The number of aromatic nitrogens is 1. The second kappa shape index (κ2) is 15.3. The average molecular weight is 744 g/mol. The lowest BCUT2D eigenvalue weighted by Crippen LogP contribution is -2.37. The molecule has 0 saturated carbocycles. The highest BCUT2D eigenvalue weighted by Crippen LogP contribution is 2.39. The number of sulfonamides is 1. The van der Waals surface area contributed by atoms with Gasteiger partial charge in [-0.15, -0.1) is 11.3 Å². The van der Waals surface area contributed by atoms with Gasteiger partial charge in [-0.05, 0) is 96.9 Å². The van der Waals surface area contributed by atoms with Crippen molar-refractivity contribution in [2.75, 3.05) is 45.5 Å². The number of ether oxygens (including phenoxy) is 5. The van der Waals surface area contributed by atoms with Gasteiger partial charge in [0.15, 0.2) is 17.3 Å². The number of hydrogen-bond donors (Lipinski definition) is 2. The minimum absolute atomic E-state index is 0.0580. The second-order valence-electron chi connectivity index (χ2n) is 12.2. The molecule has 14 heteroatoms. The van der Waals surface area contributed by atoms with Crippen LogP contribution in [0.1, 0.15) is 23.5 Å². The van der Waals surface area contributed by atoms with Crippen molar-refractivity contribution >= 4 is 43.2 Å². The maximum absolute atomic E-state index is 13.6. The summed E-state index contributed by atoms with van der Waals surface area (Å²) in [6.07, 6.45) is 1.21. The molecule has 0 unspecified atom stereocenters. The lowest BCUT2D eigenvalue weighted by atomic mass is 9.92. The summed E-state index contributed by atoms with van der Waals surface area (Å²) in [5.41, 5.74) is 4.49. The standard InChI is InChI=1S/C38H37N3O9S2/c1-24-3-13-31-35(19-24)51-38(40-31)25-4-7-28(8-5-25)39-37(43)34-21-27(26-6-14-32-33(20-26)49-23-48-32)22-36(50-34)47-18-16-41(15-17-42)52(44,45)30-11-9-29(46-2)10-12-30/h3-14,19-21,27,36,42H,15-18,22-23H2,1-2H3,(H,39,43)/t27-,36+/m0/s1. The van der Waals surface area contributed by atoms with Crippen molar-refractivity contribution in [2.24, 2.45) is 0 Å². The zero-order valence-corrected chi connectivity index (χ0v) is 30.1. The molecule has 0 saturated heterocycles. The summed E-state index contributed by atoms with van der Waals surface area (Å²) in [5, 5.41) is 13.5. The van der Waals surface area contributed by atoms with Gasteiger partial charge in [-0.2, -0.15) is 4.31 Å². The van der Waals surface area contributed by atoms with E-state index in [0.29, 0.717) is 29.4 Å². The minimum Gasteiger partial charge on any atom is -0.497 e. The maximum atomic E-state index is 13.6. The Morgan fingerprint density at radius 1 is 1.00 bits per heavy atom. The first kappa shape index (κ1) is 35.4. The van der Waals surface area contributed by atoms with Crippen LogP contribution in [0.5, 0.6) is 17.2 Å². The Morgan fingerprint density at radius 3 is 2.56 bits per heavy atom. The Labute approximate surface area is 305 Å². The van der Waals surface area contributed by atoms with E-state index in [0.717, 1.165) is 30.7 Å². The monoisotopic (exact) mass is 743 g/mol. The van der Waals surface area contributed by atoms with Crippen LogP contribution in [0.4, 0.5) is 5.69 Å². The van der Waals surface area contributed by atoms with Gasteiger partial charge in [0, 0.05) is 36.7 Å². The van der Waals surface area contributed by atoms with Crippen LogP contribution >= 0.6 is 11.3 Å². The van der Waals surface area contributed by atoms with E-state index in [-0.39, 0.29) is 49.7 Å². The van der Waals surface area contributed by atoms with Gasteiger partial charge in [0.25, 0.3) is 5.91 Å². The van der Waals surface area contributed by atoms with Gasteiger partial charge < -0.3 is 34.1 Å². The molecule has 52 heavy (non-hydrogen) atoms. The highest BCUT2D eigenvalue weighted by molar-refractivity contribution is 7.89. The van der Waals surface area contributed by atoms with Crippen molar-refractivity contribution in [1.29, 1.82) is 0 Å². The van der Waals surface area contributed by atoms with Crippen molar-refractivity contribution in [1.82, 2.24) is 9.29 Å². The number of aliphatic hydroxyl groups excluding tert-OH is 1. The number of rotatable bonds is 13. The number of hydrogen-bond acceptors (Lipinski definition) is 11. The molecule has 1 aromatic heterocycles. The number of benzene rings is 4. The number of anilines is 1. The van der Waals surface area contributed by atoms with E-state index in [2.05, 4.69) is 18.3 Å². The number of carbonyl (C=O) groups excluding carboxylic acids is 1. The molecule has 2 N–H and O–H groups in total. The molecule has 1 amide bonds. The van der Waals surface area contributed by atoms with E-state index < -0.39 is 22.2 Å². The number of amides is 1. The van der Waals surface area contributed by atoms with E-state index >= 15 is 0 Å². The lowest BCUT2D eigenvalue weighted by molar-refractivity contribution is -0.143. The molecule has 0 spiro atoms. The van der Waals surface area contributed by atoms with Crippen LogP contribution in [0.25, 0.3) is 20.8 Å². The number of allylic oxidation sites excluding steroid dienone is 1. The zero-order valence-electron chi connectivity index (χ0n) is 28.5. The van der Waals surface area contributed by atoms with Crippen molar-refractivity contribution < 1.29 is 42.0 Å². The first-order valence-corrected chi connectivity index (χ1v) is 18.9. The van der Waals surface area contributed by atoms with Gasteiger partial charge in [0.05, 0.1) is 35.4 Å². The quantitative estimate of drug-likeness (QED) is 0.146. The third kappa shape index (κ3) is 7.76. The van der Waals surface area contributed by atoms with Gasteiger partial charge in [0.1, 0.15) is 10.8 Å². The van der Waals surface area contributed by atoms with Crippen molar-refractivity contribution in [3.05, 3.63) is 108 Å². The third-order valence-corrected chi connectivity index (χ3v) is 11.7. The summed E-state index contributed by atoms with van der Waals surface area (Å²) in [6.45, 7) is 1.55. The molecule has 5 aromatic rings.